The molecule has 2 aromatic rings. The first-order valence-corrected chi connectivity index (χ1v) is 8.87. The Kier molecular flexibility index (Phi) is 10.5. The van der Waals surface area contributed by atoms with Crippen LogP contribution in [-0.2, 0) is 13.0 Å². The van der Waals surface area contributed by atoms with Crippen LogP contribution in [0, 0.1) is 0 Å². The van der Waals surface area contributed by atoms with E-state index in [1.807, 2.05) is 43.4 Å². The molecule has 0 fully saturated rings. The topological polar surface area (TPSA) is 55.3 Å². The van der Waals surface area contributed by atoms with E-state index in [1.165, 1.54) is 5.56 Å². The molecule has 28 heavy (non-hydrogen) atoms. The van der Waals surface area contributed by atoms with E-state index >= 15 is 0 Å². The van der Waals surface area contributed by atoms with E-state index in [9.17, 15) is 0 Å². The maximum Gasteiger partial charge on any atom is 0.193 e. The van der Waals surface area contributed by atoms with E-state index in [-0.39, 0.29) is 24.0 Å². The second kappa shape index (κ2) is 12.3. The van der Waals surface area contributed by atoms with Gasteiger partial charge in [0.1, 0.15) is 5.75 Å². The third kappa shape index (κ3) is 6.47. The van der Waals surface area contributed by atoms with Crippen molar-refractivity contribution in [2.75, 3.05) is 42.0 Å². The number of nitrogens with one attached hydrogen (secondary N) is 1. The smallest absolute Gasteiger partial charge is 0.193 e. The molecular formula is C21H30IN3O3. The van der Waals surface area contributed by atoms with Crippen molar-refractivity contribution in [2.45, 2.75) is 13.0 Å². The van der Waals surface area contributed by atoms with E-state index in [0.29, 0.717) is 6.54 Å². The second-order valence-electron chi connectivity index (χ2n) is 6.08. The van der Waals surface area contributed by atoms with Crippen molar-refractivity contribution in [2.24, 2.45) is 4.99 Å². The first-order chi connectivity index (χ1) is 13.1. The van der Waals surface area contributed by atoms with Crippen molar-refractivity contribution >= 4 is 29.9 Å². The van der Waals surface area contributed by atoms with Crippen molar-refractivity contribution in [1.82, 2.24) is 10.2 Å². The zero-order valence-electron chi connectivity index (χ0n) is 17.2. The molecule has 0 saturated heterocycles. The monoisotopic (exact) mass is 499 g/mol. The van der Waals surface area contributed by atoms with Crippen LogP contribution in [0.4, 0.5) is 0 Å². The van der Waals surface area contributed by atoms with Gasteiger partial charge in [-0.05, 0) is 30.2 Å². The fourth-order valence-corrected chi connectivity index (χ4v) is 2.90. The number of halogens is 1. The second-order valence-corrected chi connectivity index (χ2v) is 6.08. The molecule has 0 atom stereocenters. The molecule has 0 aliphatic carbocycles. The minimum atomic E-state index is 0. The van der Waals surface area contributed by atoms with Crippen LogP contribution in [0.15, 0.2) is 47.5 Å². The molecule has 7 heteroatoms. The quantitative estimate of drug-likeness (QED) is 0.342. The van der Waals surface area contributed by atoms with Gasteiger partial charge >= 0.3 is 0 Å². The Morgan fingerprint density at radius 1 is 0.964 bits per heavy atom. The lowest BCUT2D eigenvalue weighted by atomic mass is 10.1. The van der Waals surface area contributed by atoms with E-state index < -0.39 is 0 Å². The minimum absolute atomic E-state index is 0. The summed E-state index contributed by atoms with van der Waals surface area (Å²) in [5.74, 6) is 3.20. The van der Waals surface area contributed by atoms with Crippen molar-refractivity contribution in [3.63, 3.8) is 0 Å². The van der Waals surface area contributed by atoms with Gasteiger partial charge in [0.2, 0.25) is 0 Å². The van der Waals surface area contributed by atoms with Gasteiger partial charge in [-0.1, -0.05) is 24.3 Å². The third-order valence-electron chi connectivity index (χ3n) is 4.32. The van der Waals surface area contributed by atoms with Crippen LogP contribution < -0.4 is 19.5 Å². The minimum Gasteiger partial charge on any atom is -0.496 e. The van der Waals surface area contributed by atoms with Crippen molar-refractivity contribution < 1.29 is 14.2 Å². The van der Waals surface area contributed by atoms with Crippen LogP contribution >= 0.6 is 24.0 Å². The fraction of sp³-hybridized carbons (Fsp3) is 0.381. The Morgan fingerprint density at radius 2 is 1.64 bits per heavy atom. The summed E-state index contributed by atoms with van der Waals surface area (Å²) in [7, 11) is 8.78. The maximum atomic E-state index is 5.43. The van der Waals surface area contributed by atoms with Crippen LogP contribution in [-0.4, -0.2) is 52.8 Å². The Bertz CT molecular complexity index is 768. The van der Waals surface area contributed by atoms with Crippen molar-refractivity contribution in [3.8, 4) is 17.2 Å². The largest absolute Gasteiger partial charge is 0.496 e. The van der Waals surface area contributed by atoms with Gasteiger partial charge in [-0.2, -0.15) is 0 Å². The number of rotatable bonds is 8. The molecule has 0 amide bonds. The van der Waals surface area contributed by atoms with Gasteiger partial charge in [0.15, 0.2) is 17.5 Å². The average Bonchev–Trinajstić information content (AvgIpc) is 2.71. The predicted molar refractivity (Wildman–Crippen MR) is 124 cm³/mol. The zero-order chi connectivity index (χ0) is 19.6. The Labute approximate surface area is 184 Å². The van der Waals surface area contributed by atoms with E-state index in [2.05, 4.69) is 21.3 Å². The summed E-state index contributed by atoms with van der Waals surface area (Å²) < 4.78 is 16.1. The molecule has 0 bridgehead atoms. The van der Waals surface area contributed by atoms with Gasteiger partial charge in [0, 0.05) is 32.7 Å². The first kappa shape index (κ1) is 23.9. The number of methoxy groups -OCH3 is 3. The van der Waals surface area contributed by atoms with E-state index in [4.69, 9.17) is 14.2 Å². The molecule has 0 unspecified atom stereocenters. The molecule has 0 aliphatic heterocycles. The molecule has 6 nitrogen and oxygen atoms in total. The van der Waals surface area contributed by atoms with Crippen LogP contribution in [0.2, 0.25) is 0 Å². The highest BCUT2D eigenvalue weighted by atomic mass is 127. The SMILES string of the molecule is CN=C(NCCc1ccc(OC)c(OC)c1)N(C)Cc1ccccc1OC.I. The van der Waals surface area contributed by atoms with E-state index in [0.717, 1.165) is 41.7 Å². The normalized spacial score (nSPS) is 10.7. The number of aliphatic imine (C=N–C) groups is 1. The fourth-order valence-electron chi connectivity index (χ4n) is 2.90. The molecular weight excluding hydrogens is 469 g/mol. The summed E-state index contributed by atoms with van der Waals surface area (Å²) >= 11 is 0. The molecule has 0 saturated carbocycles. The van der Waals surface area contributed by atoms with Crippen LogP contribution in [0.3, 0.4) is 0 Å². The lowest BCUT2D eigenvalue weighted by Gasteiger charge is -2.23. The highest BCUT2D eigenvalue weighted by molar-refractivity contribution is 14.0. The number of benzene rings is 2. The number of hydrogen-bond donors (Lipinski definition) is 1. The summed E-state index contributed by atoms with van der Waals surface area (Å²) in [6.07, 6.45) is 0.849. The predicted octanol–water partition coefficient (Wildman–Crippen LogP) is 3.58. The third-order valence-corrected chi connectivity index (χ3v) is 4.32. The summed E-state index contributed by atoms with van der Waals surface area (Å²) in [6, 6.07) is 14.0. The molecule has 2 aromatic carbocycles. The van der Waals surface area contributed by atoms with Gasteiger partial charge in [-0.15, -0.1) is 24.0 Å². The molecule has 0 radical (unpaired) electrons. The van der Waals surface area contributed by atoms with Crippen molar-refractivity contribution in [1.29, 1.82) is 0 Å². The summed E-state index contributed by atoms with van der Waals surface area (Å²) in [6.45, 7) is 1.47. The van der Waals surface area contributed by atoms with Gasteiger partial charge in [-0.3, -0.25) is 4.99 Å². The number of hydrogen-bond acceptors (Lipinski definition) is 4. The first-order valence-electron chi connectivity index (χ1n) is 8.87. The maximum absolute atomic E-state index is 5.43. The lowest BCUT2D eigenvalue weighted by molar-refractivity contribution is 0.354. The number of para-hydroxylation sites is 1. The Hall–Kier alpha value is -2.16. The summed E-state index contributed by atoms with van der Waals surface area (Å²) in [4.78, 5) is 6.45. The summed E-state index contributed by atoms with van der Waals surface area (Å²) in [5.41, 5.74) is 2.29. The zero-order valence-corrected chi connectivity index (χ0v) is 19.5. The summed E-state index contributed by atoms with van der Waals surface area (Å²) in [5, 5.41) is 3.40. The highest BCUT2D eigenvalue weighted by Crippen LogP contribution is 2.27. The molecule has 0 aliphatic rings. The average molecular weight is 499 g/mol. The molecule has 0 heterocycles. The molecule has 154 valence electrons. The van der Waals surface area contributed by atoms with Crippen LogP contribution in [0.5, 0.6) is 17.2 Å². The lowest BCUT2D eigenvalue weighted by Crippen LogP contribution is -2.39. The molecule has 0 spiro atoms. The van der Waals surface area contributed by atoms with E-state index in [1.54, 1.807) is 28.4 Å². The van der Waals surface area contributed by atoms with Crippen LogP contribution in [0.1, 0.15) is 11.1 Å². The van der Waals surface area contributed by atoms with Gasteiger partial charge in [0.25, 0.3) is 0 Å². The standard InChI is InChI=1S/C21H29N3O3.HI/c1-22-21(24(2)15-17-8-6-7-9-18(17)25-3)23-13-12-16-10-11-19(26-4)20(14-16)27-5;/h6-11,14H,12-13,15H2,1-5H3,(H,22,23);1H. The highest BCUT2D eigenvalue weighted by Gasteiger charge is 2.10. The van der Waals surface area contributed by atoms with Crippen molar-refractivity contribution in [3.05, 3.63) is 53.6 Å². The molecule has 0 aromatic heterocycles. The number of guanidine groups is 1. The van der Waals surface area contributed by atoms with Gasteiger partial charge in [-0.25, -0.2) is 0 Å². The Balaban J connectivity index is 0.00000392. The molecule has 2 rings (SSSR count). The van der Waals surface area contributed by atoms with Gasteiger partial charge in [0.05, 0.1) is 21.3 Å². The number of nitrogens with zero attached hydrogens (tertiary/aromatic N) is 2. The number of ether oxygens (including phenoxy) is 3. The Morgan fingerprint density at radius 3 is 2.29 bits per heavy atom. The molecule has 1 N–H and O–H groups in total. The van der Waals surface area contributed by atoms with Crippen LogP contribution in [0.25, 0.3) is 0 Å². The van der Waals surface area contributed by atoms with Gasteiger partial charge < -0.3 is 24.4 Å².